The van der Waals surface area contributed by atoms with Crippen molar-refractivity contribution in [1.29, 1.82) is 0 Å². The van der Waals surface area contributed by atoms with Crippen LogP contribution >= 0.6 is 0 Å². The number of anilines is 1. The molecule has 0 unspecified atom stereocenters. The quantitative estimate of drug-likeness (QED) is 0.121. The lowest BCUT2D eigenvalue weighted by atomic mass is 9.83. The third-order valence-corrected chi connectivity index (χ3v) is 12.2. The molecule has 0 aliphatic heterocycles. The molecule has 0 spiro atoms. The van der Waals surface area contributed by atoms with Crippen LogP contribution in [-0.4, -0.2) is 6.41 Å². The van der Waals surface area contributed by atoms with Crippen molar-refractivity contribution in [2.75, 3.05) is 5.32 Å². The highest BCUT2D eigenvalue weighted by Gasteiger charge is 2.20. The Morgan fingerprint density at radius 1 is 0.279 bits per heavy atom. The predicted molar refractivity (Wildman–Crippen MR) is 259 cm³/mol. The molecule has 0 aliphatic rings. The highest BCUT2D eigenvalue weighted by molar-refractivity contribution is 6.22. The summed E-state index contributed by atoms with van der Waals surface area (Å²) in [5.41, 5.74) is 14.5. The number of para-hydroxylation sites is 1. The molecule has 2 nitrogen and oxygen atoms in total. The number of amides is 1. The third kappa shape index (κ3) is 6.52. The largest absolute Gasteiger partial charge is 0.328 e. The topological polar surface area (TPSA) is 29.1 Å². The van der Waals surface area contributed by atoms with E-state index in [0.29, 0.717) is 0 Å². The van der Waals surface area contributed by atoms with Crippen molar-refractivity contribution in [2.45, 2.75) is 0 Å². The van der Waals surface area contributed by atoms with Crippen molar-refractivity contribution in [3.63, 3.8) is 0 Å². The van der Waals surface area contributed by atoms with Crippen molar-refractivity contribution >= 4 is 55.2 Å². The molecule has 0 atom stereocenters. The molecule has 0 radical (unpaired) electrons. The van der Waals surface area contributed by atoms with E-state index in [0.717, 1.165) is 39.9 Å². The van der Waals surface area contributed by atoms with Crippen LogP contribution < -0.4 is 5.32 Å². The number of carbonyl (C=O) groups excluding carboxylic acids is 1. The number of fused-ring (bicyclic) bond motifs is 4. The first kappa shape index (κ1) is 36.0. The Balaban J connectivity index is 1.15. The lowest BCUT2D eigenvalue weighted by Crippen LogP contribution is -1.97. The zero-order chi connectivity index (χ0) is 40.7. The molecule has 0 bridgehead atoms. The Morgan fingerprint density at radius 3 is 1.26 bits per heavy atom. The average molecular weight is 778 g/mol. The summed E-state index contributed by atoms with van der Waals surface area (Å²) in [5.74, 6) is 0. The Bertz CT molecular complexity index is 3460. The standard InChI is InChI=1S/C59H39NO/c61-38-60-57-21-11-10-20-52(57)51-19-9-8-18-50(51)41-24-26-43(27-25-41)59-54-33-31-48(46-28-22-39-12-4-6-16-44(39)34-46)36-55(54)58(42-14-2-1-3-15-42)53-32-30-49(37-56(53)59)47-29-23-40-13-5-7-17-45(40)35-47/h1-38H,(H,60,61). The molecule has 61 heavy (non-hydrogen) atoms. The number of benzene rings is 11. The average Bonchev–Trinajstić information content (AvgIpc) is 3.33. The second-order valence-corrected chi connectivity index (χ2v) is 15.7. The van der Waals surface area contributed by atoms with Gasteiger partial charge in [-0.2, -0.15) is 0 Å². The normalized spacial score (nSPS) is 11.3. The Hall–Kier alpha value is -8.07. The lowest BCUT2D eigenvalue weighted by molar-refractivity contribution is -0.105. The van der Waals surface area contributed by atoms with Crippen molar-refractivity contribution in [1.82, 2.24) is 0 Å². The minimum atomic E-state index is 0.740. The Labute approximate surface area is 355 Å². The predicted octanol–water partition coefficient (Wildman–Crippen LogP) is 15.9. The molecule has 1 N–H and O–H groups in total. The molecule has 11 rings (SSSR count). The van der Waals surface area contributed by atoms with Crippen LogP contribution in [0.25, 0.3) is 110 Å². The first-order valence-corrected chi connectivity index (χ1v) is 20.8. The summed E-state index contributed by atoms with van der Waals surface area (Å²) in [6.07, 6.45) is 0.740. The maximum absolute atomic E-state index is 11.6. The van der Waals surface area contributed by atoms with Gasteiger partial charge in [-0.3, -0.25) is 4.79 Å². The molecule has 2 heteroatoms. The van der Waals surface area contributed by atoms with Crippen LogP contribution in [0.2, 0.25) is 0 Å². The van der Waals surface area contributed by atoms with Gasteiger partial charge in [-0.1, -0.05) is 194 Å². The highest BCUT2D eigenvalue weighted by atomic mass is 16.1. The molecule has 0 fully saturated rings. The summed E-state index contributed by atoms with van der Waals surface area (Å²) in [6.45, 7) is 0. The number of rotatable bonds is 8. The van der Waals surface area contributed by atoms with E-state index in [1.165, 1.54) is 82.0 Å². The van der Waals surface area contributed by atoms with E-state index in [2.05, 4.69) is 212 Å². The van der Waals surface area contributed by atoms with Crippen LogP contribution in [0.3, 0.4) is 0 Å². The molecule has 0 heterocycles. The first-order chi connectivity index (χ1) is 30.2. The van der Waals surface area contributed by atoms with E-state index in [1.54, 1.807) is 0 Å². The van der Waals surface area contributed by atoms with Crippen LogP contribution in [0.15, 0.2) is 224 Å². The van der Waals surface area contributed by atoms with Crippen LogP contribution in [-0.2, 0) is 4.79 Å². The summed E-state index contributed by atoms with van der Waals surface area (Å²) >= 11 is 0. The lowest BCUT2D eigenvalue weighted by Gasteiger charge is -2.20. The maximum Gasteiger partial charge on any atom is 0.211 e. The van der Waals surface area contributed by atoms with Gasteiger partial charge in [0, 0.05) is 11.3 Å². The summed E-state index contributed by atoms with van der Waals surface area (Å²) in [6, 6.07) is 81.0. The fraction of sp³-hybridized carbons (Fsp3) is 0. The number of hydrogen-bond acceptors (Lipinski definition) is 1. The third-order valence-electron chi connectivity index (χ3n) is 12.2. The SMILES string of the molecule is O=CNc1ccccc1-c1ccccc1-c1ccc(-c2c3ccc(-c4ccc5ccccc5c4)cc3c(-c3ccccc3)c3ccc(-c4ccc5ccccc5c4)cc23)cc1. The first-order valence-electron chi connectivity index (χ1n) is 20.8. The van der Waals surface area contributed by atoms with E-state index in [-0.39, 0.29) is 0 Å². The van der Waals surface area contributed by atoms with E-state index in [4.69, 9.17) is 0 Å². The summed E-state index contributed by atoms with van der Waals surface area (Å²) < 4.78 is 0. The van der Waals surface area contributed by atoms with Gasteiger partial charge in [0.15, 0.2) is 0 Å². The van der Waals surface area contributed by atoms with Gasteiger partial charge in [-0.25, -0.2) is 0 Å². The number of carbonyl (C=O) groups is 1. The maximum atomic E-state index is 11.6. The van der Waals surface area contributed by atoms with Crippen molar-refractivity contribution in [3.05, 3.63) is 224 Å². The van der Waals surface area contributed by atoms with Gasteiger partial charge >= 0.3 is 0 Å². The van der Waals surface area contributed by atoms with E-state index in [9.17, 15) is 4.79 Å². The molecular formula is C59H39NO. The zero-order valence-corrected chi connectivity index (χ0v) is 33.3. The van der Waals surface area contributed by atoms with Gasteiger partial charge in [-0.05, 0) is 135 Å². The molecule has 286 valence electrons. The molecule has 0 saturated heterocycles. The molecule has 0 aliphatic carbocycles. The van der Waals surface area contributed by atoms with Crippen LogP contribution in [0, 0.1) is 0 Å². The Kier molecular flexibility index (Phi) is 9.02. The molecule has 1 amide bonds. The second-order valence-electron chi connectivity index (χ2n) is 15.7. The summed E-state index contributed by atoms with van der Waals surface area (Å²) in [5, 5.41) is 12.7. The van der Waals surface area contributed by atoms with E-state index in [1.807, 2.05) is 18.2 Å². The number of nitrogens with one attached hydrogen (secondary N) is 1. The van der Waals surface area contributed by atoms with Gasteiger partial charge in [0.1, 0.15) is 0 Å². The van der Waals surface area contributed by atoms with Gasteiger partial charge in [-0.15, -0.1) is 0 Å². The number of hydrogen-bond donors (Lipinski definition) is 1. The summed E-state index contributed by atoms with van der Waals surface area (Å²) in [4.78, 5) is 11.6. The fourth-order valence-corrected chi connectivity index (χ4v) is 9.25. The van der Waals surface area contributed by atoms with Gasteiger partial charge < -0.3 is 5.32 Å². The second kappa shape index (κ2) is 15.3. The Morgan fingerprint density at radius 2 is 0.689 bits per heavy atom. The smallest absolute Gasteiger partial charge is 0.211 e. The molecule has 11 aromatic carbocycles. The van der Waals surface area contributed by atoms with E-state index < -0.39 is 0 Å². The van der Waals surface area contributed by atoms with Crippen LogP contribution in [0.5, 0.6) is 0 Å². The zero-order valence-electron chi connectivity index (χ0n) is 33.3. The monoisotopic (exact) mass is 777 g/mol. The molecular weight excluding hydrogens is 739 g/mol. The summed E-state index contributed by atoms with van der Waals surface area (Å²) in [7, 11) is 0. The minimum Gasteiger partial charge on any atom is -0.328 e. The molecule has 0 aromatic heterocycles. The van der Waals surface area contributed by atoms with Crippen molar-refractivity contribution in [2.24, 2.45) is 0 Å². The van der Waals surface area contributed by atoms with Crippen molar-refractivity contribution < 1.29 is 4.79 Å². The van der Waals surface area contributed by atoms with Gasteiger partial charge in [0.25, 0.3) is 0 Å². The van der Waals surface area contributed by atoms with E-state index >= 15 is 0 Å². The van der Waals surface area contributed by atoms with Crippen LogP contribution in [0.1, 0.15) is 0 Å². The van der Waals surface area contributed by atoms with Gasteiger partial charge in [0.05, 0.1) is 0 Å². The van der Waals surface area contributed by atoms with Crippen molar-refractivity contribution in [3.8, 4) is 66.8 Å². The van der Waals surface area contributed by atoms with Gasteiger partial charge in [0.2, 0.25) is 6.41 Å². The highest BCUT2D eigenvalue weighted by Crippen LogP contribution is 2.47. The van der Waals surface area contributed by atoms with Crippen LogP contribution in [0.4, 0.5) is 5.69 Å². The fourth-order valence-electron chi connectivity index (χ4n) is 9.25. The minimum absolute atomic E-state index is 0.740. The molecule has 0 saturated carbocycles. The molecule has 11 aromatic rings.